The molecule has 2 aromatic heterocycles. The van der Waals surface area contributed by atoms with Gasteiger partial charge >= 0.3 is 6.03 Å². The lowest BCUT2D eigenvalue weighted by atomic mass is 9.98. The Labute approximate surface area is 154 Å². The second kappa shape index (κ2) is 6.68. The van der Waals surface area contributed by atoms with Gasteiger partial charge in [0.2, 0.25) is 5.91 Å². The van der Waals surface area contributed by atoms with Crippen LogP contribution < -0.4 is 16.0 Å². The summed E-state index contributed by atoms with van der Waals surface area (Å²) < 4.78 is 1.76. The summed E-state index contributed by atoms with van der Waals surface area (Å²) in [5.41, 5.74) is 2.72. The van der Waals surface area contributed by atoms with Crippen LogP contribution in [0.2, 0.25) is 5.02 Å². The fourth-order valence-electron chi connectivity index (χ4n) is 2.99. The van der Waals surface area contributed by atoms with E-state index in [-0.39, 0.29) is 24.5 Å². The van der Waals surface area contributed by atoms with Crippen molar-refractivity contribution in [3.63, 3.8) is 0 Å². The number of hydrogen-bond donors (Lipinski definition) is 3. The highest BCUT2D eigenvalue weighted by atomic mass is 35.5. The van der Waals surface area contributed by atoms with E-state index in [1.807, 2.05) is 36.5 Å². The number of aromatic nitrogens is 2. The number of nitrogens with one attached hydrogen (secondary N) is 3. The first-order chi connectivity index (χ1) is 12.6. The number of hydrogen-bond acceptors (Lipinski definition) is 3. The Morgan fingerprint density at radius 1 is 1.23 bits per heavy atom. The van der Waals surface area contributed by atoms with E-state index in [0.717, 1.165) is 16.6 Å². The number of halogens is 1. The average molecular weight is 370 g/mol. The molecule has 0 radical (unpaired) electrons. The second-order valence-corrected chi connectivity index (χ2v) is 6.50. The molecule has 0 bridgehead atoms. The molecule has 1 saturated heterocycles. The molecule has 8 heteroatoms. The van der Waals surface area contributed by atoms with Gasteiger partial charge in [0.05, 0.1) is 11.6 Å². The number of carbonyl (C=O) groups is 2. The van der Waals surface area contributed by atoms with Crippen LogP contribution in [-0.4, -0.2) is 34.1 Å². The number of pyridine rings is 1. The number of nitrogens with zero attached hydrogens (tertiary/aromatic N) is 2. The minimum Gasteiger partial charge on any atom is -0.343 e. The van der Waals surface area contributed by atoms with Crippen molar-refractivity contribution < 1.29 is 9.59 Å². The number of amides is 3. The van der Waals surface area contributed by atoms with Crippen LogP contribution in [0.3, 0.4) is 0 Å². The van der Waals surface area contributed by atoms with E-state index in [2.05, 4.69) is 21.0 Å². The SMILES string of the molecule is O=C1NCC(C(=O)NC(c2ccc(Cl)cc2)c2ccn3nccc3c2)N1. The summed E-state index contributed by atoms with van der Waals surface area (Å²) in [6, 6.07) is 11.8. The van der Waals surface area contributed by atoms with Gasteiger partial charge in [0.1, 0.15) is 6.04 Å². The van der Waals surface area contributed by atoms with Gasteiger partial charge < -0.3 is 16.0 Å². The minimum atomic E-state index is -0.601. The third kappa shape index (κ3) is 3.21. The lowest BCUT2D eigenvalue weighted by Gasteiger charge is -2.22. The average Bonchev–Trinajstić information content (AvgIpc) is 3.28. The van der Waals surface area contributed by atoms with Crippen LogP contribution in [0.4, 0.5) is 4.79 Å². The fraction of sp³-hybridized carbons (Fsp3) is 0.167. The Bertz CT molecular complexity index is 969. The van der Waals surface area contributed by atoms with Gasteiger partial charge in [-0.1, -0.05) is 23.7 Å². The summed E-state index contributed by atoms with van der Waals surface area (Å²) >= 11 is 6.00. The Morgan fingerprint density at radius 3 is 2.77 bits per heavy atom. The zero-order valence-corrected chi connectivity index (χ0v) is 14.4. The van der Waals surface area contributed by atoms with Gasteiger partial charge in [0.15, 0.2) is 0 Å². The Morgan fingerprint density at radius 2 is 2.04 bits per heavy atom. The molecule has 2 unspecified atom stereocenters. The van der Waals surface area contributed by atoms with Gasteiger partial charge in [-0.3, -0.25) is 4.79 Å². The van der Waals surface area contributed by atoms with Crippen molar-refractivity contribution in [2.45, 2.75) is 12.1 Å². The van der Waals surface area contributed by atoms with E-state index in [1.165, 1.54) is 0 Å². The van der Waals surface area contributed by atoms with E-state index in [0.29, 0.717) is 5.02 Å². The van der Waals surface area contributed by atoms with Crippen molar-refractivity contribution in [1.82, 2.24) is 25.6 Å². The van der Waals surface area contributed by atoms with E-state index in [1.54, 1.807) is 22.8 Å². The van der Waals surface area contributed by atoms with Crippen LogP contribution in [0.15, 0.2) is 54.9 Å². The molecule has 1 aliphatic rings. The first-order valence-electron chi connectivity index (χ1n) is 8.14. The highest BCUT2D eigenvalue weighted by molar-refractivity contribution is 6.30. The van der Waals surface area contributed by atoms with Crippen LogP contribution in [0, 0.1) is 0 Å². The summed E-state index contributed by atoms with van der Waals surface area (Å²) in [6.07, 6.45) is 3.56. The predicted octanol–water partition coefficient (Wildman–Crippen LogP) is 1.87. The smallest absolute Gasteiger partial charge is 0.315 e. The molecule has 3 N–H and O–H groups in total. The molecule has 7 nitrogen and oxygen atoms in total. The Hall–Kier alpha value is -3.06. The van der Waals surface area contributed by atoms with Crippen molar-refractivity contribution >= 4 is 29.1 Å². The van der Waals surface area contributed by atoms with Crippen molar-refractivity contribution in [3.8, 4) is 0 Å². The van der Waals surface area contributed by atoms with Crippen LogP contribution in [0.5, 0.6) is 0 Å². The quantitative estimate of drug-likeness (QED) is 0.656. The van der Waals surface area contributed by atoms with E-state index in [4.69, 9.17) is 11.6 Å². The minimum absolute atomic E-state index is 0.253. The van der Waals surface area contributed by atoms with Gasteiger partial charge in [-0.05, 0) is 41.5 Å². The predicted molar refractivity (Wildman–Crippen MR) is 97.0 cm³/mol. The third-order valence-corrected chi connectivity index (χ3v) is 4.59. The van der Waals surface area contributed by atoms with E-state index >= 15 is 0 Å². The van der Waals surface area contributed by atoms with Gasteiger partial charge in [-0.25, -0.2) is 9.31 Å². The summed E-state index contributed by atoms with van der Waals surface area (Å²) in [5, 5.41) is 13.0. The maximum Gasteiger partial charge on any atom is 0.315 e. The Balaban J connectivity index is 1.67. The second-order valence-electron chi connectivity index (χ2n) is 6.06. The van der Waals surface area contributed by atoms with Crippen molar-refractivity contribution in [2.24, 2.45) is 0 Å². The molecule has 0 aliphatic carbocycles. The van der Waals surface area contributed by atoms with Gasteiger partial charge in [0, 0.05) is 24.0 Å². The van der Waals surface area contributed by atoms with Crippen LogP contribution in [0.25, 0.3) is 5.52 Å². The van der Waals surface area contributed by atoms with Crippen molar-refractivity contribution in [2.75, 3.05) is 6.54 Å². The molecule has 1 aromatic carbocycles. The Kier molecular flexibility index (Phi) is 4.22. The third-order valence-electron chi connectivity index (χ3n) is 4.34. The molecule has 1 fully saturated rings. The summed E-state index contributed by atoms with van der Waals surface area (Å²) in [7, 11) is 0. The first kappa shape index (κ1) is 16.4. The monoisotopic (exact) mass is 369 g/mol. The standard InChI is InChI=1S/C18H16ClN5O2/c19-13-3-1-11(2-4-13)16(23-17(25)15-10-20-18(26)22-15)12-6-8-24-14(9-12)5-7-21-24/h1-9,15-16H,10H2,(H,23,25)(H2,20,22,26). The highest BCUT2D eigenvalue weighted by Gasteiger charge is 2.29. The number of urea groups is 1. The normalized spacial score (nSPS) is 17.6. The van der Waals surface area contributed by atoms with Crippen LogP contribution in [-0.2, 0) is 4.79 Å². The molecule has 0 saturated carbocycles. The topological polar surface area (TPSA) is 87.5 Å². The largest absolute Gasteiger partial charge is 0.343 e. The first-order valence-corrected chi connectivity index (χ1v) is 8.51. The molecular weight excluding hydrogens is 354 g/mol. The van der Waals surface area contributed by atoms with E-state index < -0.39 is 6.04 Å². The van der Waals surface area contributed by atoms with E-state index in [9.17, 15) is 9.59 Å². The molecule has 1 aliphatic heterocycles. The number of fused-ring (bicyclic) bond motifs is 1. The summed E-state index contributed by atoms with van der Waals surface area (Å²) in [4.78, 5) is 23.9. The summed E-state index contributed by atoms with van der Waals surface area (Å²) in [5.74, 6) is -0.253. The van der Waals surface area contributed by atoms with Gasteiger partial charge in [0.25, 0.3) is 0 Å². The lowest BCUT2D eigenvalue weighted by Crippen LogP contribution is -2.44. The summed E-state index contributed by atoms with van der Waals surface area (Å²) in [6.45, 7) is 0.264. The molecule has 132 valence electrons. The van der Waals surface area contributed by atoms with Crippen LogP contribution in [0.1, 0.15) is 17.2 Å². The highest BCUT2D eigenvalue weighted by Crippen LogP contribution is 2.25. The fourth-order valence-corrected chi connectivity index (χ4v) is 3.11. The molecule has 26 heavy (non-hydrogen) atoms. The maximum absolute atomic E-state index is 12.6. The lowest BCUT2D eigenvalue weighted by molar-refractivity contribution is -0.122. The molecule has 2 atom stereocenters. The van der Waals surface area contributed by atoms with Crippen molar-refractivity contribution in [3.05, 3.63) is 71.0 Å². The van der Waals surface area contributed by atoms with Crippen LogP contribution >= 0.6 is 11.6 Å². The van der Waals surface area contributed by atoms with Gasteiger partial charge in [-0.15, -0.1) is 0 Å². The molecule has 0 spiro atoms. The maximum atomic E-state index is 12.6. The van der Waals surface area contributed by atoms with Crippen molar-refractivity contribution in [1.29, 1.82) is 0 Å². The molecule has 3 amide bonds. The zero-order chi connectivity index (χ0) is 18.1. The number of benzene rings is 1. The number of rotatable bonds is 4. The molecule has 4 rings (SSSR count). The molecule has 3 heterocycles. The zero-order valence-electron chi connectivity index (χ0n) is 13.6. The number of carbonyl (C=O) groups excluding carboxylic acids is 2. The molecule has 3 aromatic rings. The molecular formula is C18H16ClN5O2. The van der Waals surface area contributed by atoms with Gasteiger partial charge in [-0.2, -0.15) is 5.10 Å².